The molecule has 1 saturated heterocycles. The highest BCUT2D eigenvalue weighted by molar-refractivity contribution is 5.94. The van der Waals surface area contributed by atoms with Crippen LogP contribution in [0.25, 0.3) is 22.2 Å². The number of carbonyl (C=O) groups is 2. The number of carbonyl (C=O) groups excluding carboxylic acids is 2. The molecule has 0 aliphatic carbocycles. The summed E-state index contributed by atoms with van der Waals surface area (Å²) < 4.78 is 37.6. The predicted molar refractivity (Wildman–Crippen MR) is 112 cm³/mol. The zero-order valence-corrected chi connectivity index (χ0v) is 16.7. The number of alkyl halides is 3. The standard InChI is InChI=1S/C23H22F3N3O2/c24-23(25,26)13-21(30)29-10-4-7-17(14-29)22(31)27-18-8-3-6-15(11-18)20-12-16-5-1-2-9-19(16)28-20/h1-3,5-6,8-9,11-12,17,28H,4,7,10,13-14H2,(H,27,31). The van der Waals surface area contributed by atoms with Gasteiger partial charge in [0.15, 0.2) is 0 Å². The van der Waals surface area contributed by atoms with Crippen molar-refractivity contribution in [3.8, 4) is 11.3 Å². The highest BCUT2D eigenvalue weighted by Gasteiger charge is 2.36. The van der Waals surface area contributed by atoms with Gasteiger partial charge in [0.1, 0.15) is 6.42 Å². The smallest absolute Gasteiger partial charge is 0.355 e. The van der Waals surface area contributed by atoms with Crippen LogP contribution >= 0.6 is 0 Å². The summed E-state index contributed by atoms with van der Waals surface area (Å²) in [5.41, 5.74) is 3.43. The first-order valence-corrected chi connectivity index (χ1v) is 10.1. The molecule has 0 saturated carbocycles. The predicted octanol–water partition coefficient (Wildman–Crippen LogP) is 4.96. The lowest BCUT2D eigenvalue weighted by Gasteiger charge is -2.32. The zero-order valence-electron chi connectivity index (χ0n) is 16.7. The lowest BCUT2D eigenvalue weighted by molar-refractivity contribution is -0.162. The SMILES string of the molecule is O=C(Nc1cccc(-c2cc3ccccc3[nH]2)c1)C1CCCN(C(=O)CC(F)(F)F)C1. The number of nitrogens with zero attached hydrogens (tertiary/aromatic N) is 1. The molecule has 1 aromatic heterocycles. The number of amides is 2. The van der Waals surface area contributed by atoms with Crippen molar-refractivity contribution in [3.05, 3.63) is 54.6 Å². The van der Waals surface area contributed by atoms with Crippen molar-refractivity contribution < 1.29 is 22.8 Å². The average molecular weight is 429 g/mol. The third kappa shape index (κ3) is 5.07. The first kappa shape index (κ1) is 21.0. The van der Waals surface area contributed by atoms with E-state index in [0.717, 1.165) is 27.1 Å². The Morgan fingerprint density at radius 2 is 1.90 bits per heavy atom. The van der Waals surface area contributed by atoms with E-state index in [1.54, 1.807) is 6.07 Å². The molecule has 5 nitrogen and oxygen atoms in total. The van der Waals surface area contributed by atoms with Crippen LogP contribution in [0.3, 0.4) is 0 Å². The number of hydrogen-bond acceptors (Lipinski definition) is 2. The van der Waals surface area contributed by atoms with Gasteiger partial charge in [-0.3, -0.25) is 9.59 Å². The molecular formula is C23H22F3N3O2. The molecule has 0 bridgehead atoms. The Bertz CT molecular complexity index is 1070. The highest BCUT2D eigenvalue weighted by Crippen LogP contribution is 2.27. The molecule has 1 unspecified atom stereocenters. The van der Waals surface area contributed by atoms with Crippen LogP contribution in [0, 0.1) is 5.92 Å². The van der Waals surface area contributed by atoms with Crippen LogP contribution in [0.5, 0.6) is 0 Å². The quantitative estimate of drug-likeness (QED) is 0.615. The van der Waals surface area contributed by atoms with E-state index >= 15 is 0 Å². The topological polar surface area (TPSA) is 65.2 Å². The van der Waals surface area contributed by atoms with Crippen LogP contribution < -0.4 is 5.32 Å². The summed E-state index contributed by atoms with van der Waals surface area (Å²) in [7, 11) is 0. The highest BCUT2D eigenvalue weighted by atomic mass is 19.4. The fourth-order valence-corrected chi connectivity index (χ4v) is 3.94. The first-order valence-electron chi connectivity index (χ1n) is 10.1. The average Bonchev–Trinajstić information content (AvgIpc) is 3.17. The molecule has 4 rings (SSSR count). The monoisotopic (exact) mass is 429 g/mol. The van der Waals surface area contributed by atoms with Crippen molar-refractivity contribution in [2.24, 2.45) is 5.92 Å². The maximum absolute atomic E-state index is 12.7. The van der Waals surface area contributed by atoms with Gasteiger partial charge in [0.05, 0.1) is 5.92 Å². The molecular weight excluding hydrogens is 407 g/mol. The Morgan fingerprint density at radius 1 is 1.10 bits per heavy atom. The third-order valence-electron chi connectivity index (χ3n) is 5.47. The maximum atomic E-state index is 12.7. The number of likely N-dealkylation sites (tertiary alicyclic amines) is 1. The van der Waals surface area contributed by atoms with Crippen LogP contribution in [0.2, 0.25) is 0 Å². The molecule has 2 amide bonds. The number of fused-ring (bicyclic) bond motifs is 1. The molecule has 8 heteroatoms. The molecule has 0 spiro atoms. The van der Waals surface area contributed by atoms with Gasteiger partial charge in [-0.2, -0.15) is 13.2 Å². The zero-order chi connectivity index (χ0) is 22.0. The Labute approximate surface area is 177 Å². The van der Waals surface area contributed by atoms with Crippen molar-refractivity contribution in [1.82, 2.24) is 9.88 Å². The van der Waals surface area contributed by atoms with Crippen LogP contribution in [-0.4, -0.2) is 41.0 Å². The van der Waals surface area contributed by atoms with E-state index in [4.69, 9.17) is 0 Å². The summed E-state index contributed by atoms with van der Waals surface area (Å²) in [5, 5.41) is 3.93. The van der Waals surface area contributed by atoms with Gasteiger partial charge in [0.25, 0.3) is 0 Å². The minimum absolute atomic E-state index is 0.00244. The molecule has 2 aromatic carbocycles. The van der Waals surface area contributed by atoms with Crippen molar-refractivity contribution in [1.29, 1.82) is 0 Å². The third-order valence-corrected chi connectivity index (χ3v) is 5.47. The molecule has 162 valence electrons. The Morgan fingerprint density at radius 3 is 2.68 bits per heavy atom. The van der Waals surface area contributed by atoms with Crippen LogP contribution in [0.1, 0.15) is 19.3 Å². The van der Waals surface area contributed by atoms with E-state index < -0.39 is 24.4 Å². The molecule has 1 fully saturated rings. The molecule has 1 atom stereocenters. The second-order valence-electron chi connectivity index (χ2n) is 7.81. The second-order valence-corrected chi connectivity index (χ2v) is 7.81. The fourth-order valence-electron chi connectivity index (χ4n) is 3.94. The lowest BCUT2D eigenvalue weighted by atomic mass is 9.96. The van der Waals surface area contributed by atoms with Gasteiger partial charge in [0.2, 0.25) is 11.8 Å². The number of rotatable bonds is 4. The van der Waals surface area contributed by atoms with E-state index in [2.05, 4.69) is 10.3 Å². The summed E-state index contributed by atoms with van der Waals surface area (Å²) in [6, 6.07) is 17.3. The number of aromatic amines is 1. The number of aromatic nitrogens is 1. The molecule has 3 aromatic rings. The van der Waals surface area contributed by atoms with Gasteiger partial charge in [-0.25, -0.2) is 0 Å². The summed E-state index contributed by atoms with van der Waals surface area (Å²) in [6.45, 7) is 0.247. The maximum Gasteiger partial charge on any atom is 0.397 e. The van der Waals surface area contributed by atoms with Crippen LogP contribution in [0.15, 0.2) is 54.6 Å². The second kappa shape index (κ2) is 8.45. The number of benzene rings is 2. The van der Waals surface area contributed by atoms with Crippen molar-refractivity contribution in [3.63, 3.8) is 0 Å². The van der Waals surface area contributed by atoms with Gasteiger partial charge >= 0.3 is 6.18 Å². The van der Waals surface area contributed by atoms with Gasteiger partial charge in [0, 0.05) is 40.9 Å². The summed E-state index contributed by atoms with van der Waals surface area (Å²) in [4.78, 5) is 29.1. The number of anilines is 1. The summed E-state index contributed by atoms with van der Waals surface area (Å²) in [5.74, 6) is -1.81. The number of H-pyrrole nitrogens is 1. The van der Waals surface area contributed by atoms with Gasteiger partial charge in [-0.15, -0.1) is 0 Å². The molecule has 2 N–H and O–H groups in total. The van der Waals surface area contributed by atoms with E-state index in [9.17, 15) is 22.8 Å². The number of para-hydroxylation sites is 1. The van der Waals surface area contributed by atoms with E-state index in [1.807, 2.05) is 48.5 Å². The molecule has 2 heterocycles. The van der Waals surface area contributed by atoms with Gasteiger partial charge in [-0.1, -0.05) is 30.3 Å². The van der Waals surface area contributed by atoms with E-state index in [1.165, 1.54) is 0 Å². The number of piperidine rings is 1. The van der Waals surface area contributed by atoms with Crippen molar-refractivity contribution >= 4 is 28.4 Å². The normalized spacial score (nSPS) is 17.0. The molecule has 0 radical (unpaired) electrons. The number of nitrogens with one attached hydrogen (secondary N) is 2. The summed E-state index contributed by atoms with van der Waals surface area (Å²) >= 11 is 0. The lowest BCUT2D eigenvalue weighted by Crippen LogP contribution is -2.44. The first-order chi connectivity index (χ1) is 14.8. The number of hydrogen-bond donors (Lipinski definition) is 2. The van der Waals surface area contributed by atoms with Crippen molar-refractivity contribution in [2.45, 2.75) is 25.4 Å². The molecule has 1 aliphatic heterocycles. The Hall–Kier alpha value is -3.29. The van der Waals surface area contributed by atoms with Crippen LogP contribution in [0.4, 0.5) is 18.9 Å². The summed E-state index contributed by atoms with van der Waals surface area (Å²) in [6.07, 6.45) is -5.01. The van der Waals surface area contributed by atoms with Gasteiger partial charge in [-0.05, 0) is 37.1 Å². The van der Waals surface area contributed by atoms with E-state index in [0.29, 0.717) is 18.5 Å². The number of halogens is 3. The molecule has 1 aliphatic rings. The van der Waals surface area contributed by atoms with Gasteiger partial charge < -0.3 is 15.2 Å². The largest absolute Gasteiger partial charge is 0.397 e. The molecule has 31 heavy (non-hydrogen) atoms. The Balaban J connectivity index is 1.43. The fraction of sp³-hybridized carbons (Fsp3) is 0.304. The minimum atomic E-state index is -4.55. The Kier molecular flexibility index (Phi) is 5.71. The minimum Gasteiger partial charge on any atom is -0.355 e. The van der Waals surface area contributed by atoms with Crippen LogP contribution in [-0.2, 0) is 9.59 Å². The van der Waals surface area contributed by atoms with E-state index in [-0.39, 0.29) is 19.0 Å². The van der Waals surface area contributed by atoms with Crippen molar-refractivity contribution in [2.75, 3.05) is 18.4 Å².